The quantitative estimate of drug-likeness (QED) is 0.189. The Kier molecular flexibility index (Phi) is 8.29. The summed E-state index contributed by atoms with van der Waals surface area (Å²) in [7, 11) is 0. The average Bonchev–Trinajstić information content (AvgIpc) is 3.80. The number of H-pyrrole nitrogens is 1. The van der Waals surface area contributed by atoms with Crippen molar-refractivity contribution in [2.45, 2.75) is 66.2 Å². The molecular weight excluding hydrogens is 721 g/mol. The predicted molar refractivity (Wildman–Crippen MR) is 245 cm³/mol. The van der Waals surface area contributed by atoms with Gasteiger partial charge in [0.15, 0.2) is 0 Å². The number of hydrogen-bond donors (Lipinski definition) is 1. The molecule has 5 heterocycles. The van der Waals surface area contributed by atoms with Crippen LogP contribution in [0, 0.1) is 20.8 Å². The number of hydrogen-bond acceptors (Lipinski definition) is 4. The van der Waals surface area contributed by atoms with Crippen molar-refractivity contribution in [3.63, 3.8) is 0 Å². The molecule has 0 radical (unpaired) electrons. The Bertz CT molecular complexity index is 3080. The normalized spacial score (nSPS) is 13.5. The number of aromatic nitrogens is 5. The molecule has 10 rings (SSSR count). The molecule has 0 saturated heterocycles. The molecule has 1 N–H and O–H groups in total. The van der Waals surface area contributed by atoms with Gasteiger partial charge in [-0.3, -0.25) is 14.6 Å². The highest BCUT2D eigenvalue weighted by Crippen LogP contribution is 2.53. The molecule has 0 amide bonds. The molecule has 6 nitrogen and oxygen atoms in total. The summed E-state index contributed by atoms with van der Waals surface area (Å²) < 4.78 is 2.32. The summed E-state index contributed by atoms with van der Waals surface area (Å²) in [5, 5.41) is 10.9. The minimum absolute atomic E-state index is 0.0216. The zero-order valence-corrected chi connectivity index (χ0v) is 35.0. The van der Waals surface area contributed by atoms with E-state index in [1.54, 1.807) is 0 Å². The number of para-hydroxylation sites is 2. The van der Waals surface area contributed by atoms with Gasteiger partial charge in [0.25, 0.3) is 0 Å². The van der Waals surface area contributed by atoms with Gasteiger partial charge in [0, 0.05) is 44.8 Å². The molecule has 5 aromatic carbocycles. The van der Waals surface area contributed by atoms with Crippen molar-refractivity contribution in [1.29, 1.82) is 0 Å². The highest BCUT2D eigenvalue weighted by molar-refractivity contribution is 6.10. The van der Waals surface area contributed by atoms with Crippen LogP contribution in [0.4, 0.5) is 17.2 Å². The maximum absolute atomic E-state index is 5.68. The number of nitrogens with zero attached hydrogens (tertiary/aromatic N) is 5. The molecule has 0 unspecified atom stereocenters. The first-order valence-electron chi connectivity index (χ1n) is 20.5. The summed E-state index contributed by atoms with van der Waals surface area (Å²) in [6.45, 7) is 17.9. The SMILES string of the molecule is Cc1cc(C)c(-c2c(-c3ccccc3)n[nH]c2-c2ccc3c(n2)N(c2ccc4c5ccccc5n(-c5cc(C(C)(C)C)ccn5)c4c2)c2ccccc2C3(C)C)c(C)c1. The largest absolute Gasteiger partial charge is 0.294 e. The molecule has 0 saturated carbocycles. The molecule has 4 aromatic heterocycles. The number of benzene rings is 5. The third kappa shape index (κ3) is 5.80. The van der Waals surface area contributed by atoms with E-state index in [0.717, 1.165) is 67.8 Å². The summed E-state index contributed by atoms with van der Waals surface area (Å²) in [5.41, 5.74) is 17.3. The molecule has 0 spiro atoms. The first kappa shape index (κ1) is 36.5. The highest BCUT2D eigenvalue weighted by Gasteiger charge is 2.38. The van der Waals surface area contributed by atoms with Crippen molar-refractivity contribution in [1.82, 2.24) is 24.7 Å². The maximum atomic E-state index is 5.68. The van der Waals surface area contributed by atoms with Crippen LogP contribution in [-0.4, -0.2) is 24.7 Å². The van der Waals surface area contributed by atoms with Gasteiger partial charge < -0.3 is 0 Å². The van der Waals surface area contributed by atoms with Crippen molar-refractivity contribution in [3.05, 3.63) is 173 Å². The third-order valence-electron chi connectivity index (χ3n) is 12.3. The number of aryl methyl sites for hydroxylation is 3. The van der Waals surface area contributed by atoms with E-state index < -0.39 is 0 Å². The second-order valence-electron chi connectivity index (χ2n) is 17.7. The highest BCUT2D eigenvalue weighted by atomic mass is 15.2. The Morgan fingerprint density at radius 1 is 0.644 bits per heavy atom. The summed E-state index contributed by atoms with van der Waals surface area (Å²) >= 11 is 0. The van der Waals surface area contributed by atoms with Crippen molar-refractivity contribution in [3.8, 4) is 39.6 Å². The van der Waals surface area contributed by atoms with E-state index in [1.807, 2.05) is 6.20 Å². The van der Waals surface area contributed by atoms with Gasteiger partial charge in [-0.1, -0.05) is 131 Å². The lowest BCUT2D eigenvalue weighted by atomic mass is 9.74. The number of pyridine rings is 2. The van der Waals surface area contributed by atoms with Crippen molar-refractivity contribution in [2.24, 2.45) is 0 Å². The molecule has 59 heavy (non-hydrogen) atoms. The van der Waals surface area contributed by atoms with Gasteiger partial charge >= 0.3 is 0 Å². The van der Waals surface area contributed by atoms with Gasteiger partial charge in [-0.25, -0.2) is 9.97 Å². The van der Waals surface area contributed by atoms with Crippen LogP contribution in [0.2, 0.25) is 0 Å². The predicted octanol–water partition coefficient (Wildman–Crippen LogP) is 13.6. The molecule has 1 aliphatic rings. The van der Waals surface area contributed by atoms with Gasteiger partial charge in [-0.05, 0) is 96.5 Å². The molecule has 1 aliphatic heterocycles. The zero-order chi connectivity index (χ0) is 40.8. The molecular formula is C53H48N6. The van der Waals surface area contributed by atoms with Gasteiger partial charge in [0.2, 0.25) is 0 Å². The van der Waals surface area contributed by atoms with Crippen LogP contribution in [0.3, 0.4) is 0 Å². The fourth-order valence-electron chi connectivity index (χ4n) is 9.47. The molecule has 0 atom stereocenters. The first-order valence-corrected chi connectivity index (χ1v) is 20.5. The molecule has 6 heteroatoms. The topological polar surface area (TPSA) is 62.6 Å². The van der Waals surface area contributed by atoms with E-state index in [0.29, 0.717) is 0 Å². The zero-order valence-electron chi connectivity index (χ0n) is 35.0. The van der Waals surface area contributed by atoms with Crippen LogP contribution in [-0.2, 0) is 10.8 Å². The Morgan fingerprint density at radius 2 is 1.36 bits per heavy atom. The Hall–Kier alpha value is -6.79. The van der Waals surface area contributed by atoms with Crippen LogP contribution in [0.1, 0.15) is 68.0 Å². The van der Waals surface area contributed by atoms with Crippen LogP contribution < -0.4 is 4.90 Å². The number of aromatic amines is 1. The molecule has 0 fully saturated rings. The van der Waals surface area contributed by atoms with Crippen molar-refractivity contribution in [2.75, 3.05) is 4.90 Å². The van der Waals surface area contributed by atoms with Gasteiger partial charge in [-0.2, -0.15) is 5.10 Å². The number of anilines is 3. The molecule has 290 valence electrons. The Labute approximate surface area is 346 Å². The van der Waals surface area contributed by atoms with E-state index >= 15 is 0 Å². The van der Waals surface area contributed by atoms with Gasteiger partial charge in [-0.15, -0.1) is 0 Å². The fourth-order valence-corrected chi connectivity index (χ4v) is 9.47. The lowest BCUT2D eigenvalue weighted by molar-refractivity contribution is 0.588. The smallest absolute Gasteiger partial charge is 0.142 e. The van der Waals surface area contributed by atoms with Gasteiger partial charge in [0.05, 0.1) is 28.1 Å². The van der Waals surface area contributed by atoms with Crippen LogP contribution in [0.5, 0.6) is 0 Å². The van der Waals surface area contributed by atoms with E-state index in [2.05, 4.69) is 203 Å². The number of rotatable bonds is 5. The molecule has 9 aromatic rings. The lowest BCUT2D eigenvalue weighted by Crippen LogP contribution is -2.31. The molecule has 0 bridgehead atoms. The Morgan fingerprint density at radius 3 is 2.14 bits per heavy atom. The summed E-state index contributed by atoms with van der Waals surface area (Å²) in [6, 6.07) is 48.1. The number of nitrogens with one attached hydrogen (secondary N) is 1. The fraction of sp³-hybridized carbons (Fsp3) is 0.189. The van der Waals surface area contributed by atoms with Crippen LogP contribution >= 0.6 is 0 Å². The summed E-state index contributed by atoms with van der Waals surface area (Å²) in [6.07, 6.45) is 1.94. The minimum Gasteiger partial charge on any atom is -0.294 e. The van der Waals surface area contributed by atoms with E-state index in [4.69, 9.17) is 15.1 Å². The Balaban J connectivity index is 1.22. The standard InChI is InChI=1S/C53H48N6/c1-32-28-33(2)47(34(3)29-32)48-49(35-16-10-9-11-17-35)56-57-50(48)42-25-24-41-51(55-42)58(44-21-15-13-19-40(44)53(41,7)8)37-22-23-39-38-18-12-14-20-43(38)59(45(39)31-37)46-30-36(26-27-54-46)52(4,5)6/h9-31H,1-8H3,(H,56,57). The van der Waals surface area contributed by atoms with Crippen molar-refractivity contribution < 1.29 is 0 Å². The number of fused-ring (bicyclic) bond motifs is 5. The first-order chi connectivity index (χ1) is 28.4. The minimum atomic E-state index is -0.305. The third-order valence-corrected chi connectivity index (χ3v) is 12.3. The van der Waals surface area contributed by atoms with Gasteiger partial charge in [0.1, 0.15) is 17.3 Å². The maximum Gasteiger partial charge on any atom is 0.142 e. The van der Waals surface area contributed by atoms with Crippen LogP contribution in [0.15, 0.2) is 140 Å². The van der Waals surface area contributed by atoms with E-state index in [9.17, 15) is 0 Å². The second kappa shape index (κ2) is 13.4. The van der Waals surface area contributed by atoms with Crippen molar-refractivity contribution >= 4 is 39.0 Å². The lowest BCUT2D eigenvalue weighted by Gasteiger charge is -2.41. The molecule has 0 aliphatic carbocycles. The summed E-state index contributed by atoms with van der Waals surface area (Å²) in [4.78, 5) is 13.0. The van der Waals surface area contributed by atoms with E-state index in [-0.39, 0.29) is 10.8 Å². The van der Waals surface area contributed by atoms with E-state index in [1.165, 1.54) is 44.2 Å². The van der Waals surface area contributed by atoms with Crippen LogP contribution in [0.25, 0.3) is 61.4 Å². The monoisotopic (exact) mass is 768 g/mol. The second-order valence-corrected chi connectivity index (χ2v) is 17.7. The summed E-state index contributed by atoms with van der Waals surface area (Å²) in [5.74, 6) is 1.81. The average molecular weight is 769 g/mol.